The fraction of sp³-hybridized carbons (Fsp3) is 0.712. The second-order valence-electron chi connectivity index (χ2n) is 31.7. The standard InChI is InChI=1S/C19H28N2O8.C19H26N2O8.C19H28N2O8.C9H19NO.BrH.K/c2*1-18(2,3)15(24)27-9-10-13(29-16(25)19(4,5)6)12(23)14(28-10)21-8-7-11(22)20-17(21)26;1-18(2,3)15(24)27-9-10-12(23)13(29-16(25)19(4,5)6)14(28-10)21-8-7-11(22)20-17(21)26;1-8(2)6-5-7-9(3,4)10(8)11;;/h7-8,10,12-14,23H,9H2,1-6H3,(H,20,22,26);7-8,10,13-14H,9H2,1-6H3,(H,20,22,26);7-8,10,12-14,23H,9H2,1-6H3,(H,20,22,26);11H,5-7H2,1-4H3;1H;/q;;;;;+1/p-1/t10-,12-,13-,14-;10-,13-,14-;10-,12-,13-,14-;;;/m111.../s1. The molecule has 6 N–H and O–H groups in total. The van der Waals surface area contributed by atoms with Gasteiger partial charge in [-0.25, -0.2) is 14.4 Å². The molecule has 4 saturated heterocycles. The number of rotatable bonds is 12. The van der Waals surface area contributed by atoms with Crippen molar-refractivity contribution in [2.24, 2.45) is 32.5 Å². The number of ketones is 1. The Hall–Kier alpha value is -5.63. The summed E-state index contributed by atoms with van der Waals surface area (Å²) in [5.41, 5.74) is -9.27. The molecule has 7 heterocycles. The molecule has 4 fully saturated rings. The number of aromatic amines is 3. The summed E-state index contributed by atoms with van der Waals surface area (Å²) >= 11 is 0. The first-order valence-corrected chi connectivity index (χ1v) is 32.0. The number of aliphatic hydroxyl groups excluding tert-OH is 2. The Kier molecular flexibility index (Phi) is 31.9. The van der Waals surface area contributed by atoms with Gasteiger partial charge in [0, 0.05) is 47.9 Å². The van der Waals surface area contributed by atoms with Crippen molar-refractivity contribution < 1.29 is 160 Å². The topological polar surface area (TPSA) is 431 Å². The Balaban J connectivity index is 0.000000468. The summed E-state index contributed by atoms with van der Waals surface area (Å²) in [6, 6.07) is 3.26. The minimum atomic E-state index is -1.43. The van der Waals surface area contributed by atoms with Crippen LogP contribution in [0.25, 0.3) is 0 Å². The number of Topliss-reactive ketones (excluding diaryl/α,β-unsaturated/α-hetero) is 1. The molecule has 11 atom stereocenters. The van der Waals surface area contributed by atoms with E-state index in [4.69, 9.17) is 42.6 Å². The fourth-order valence-electron chi connectivity index (χ4n) is 9.39. The van der Waals surface area contributed by atoms with Crippen molar-refractivity contribution >= 4 is 41.6 Å². The van der Waals surface area contributed by atoms with Gasteiger partial charge < -0.3 is 75.0 Å². The molecule has 558 valence electrons. The smallest absolute Gasteiger partial charge is 1.00 e. The number of hydroxylamine groups is 2. The van der Waals surface area contributed by atoms with Crippen LogP contribution in [0.4, 0.5) is 0 Å². The number of carbonyl (C=O) groups excluding carboxylic acids is 7. The summed E-state index contributed by atoms with van der Waals surface area (Å²) in [5.74, 6) is -4.08. The number of nitrogens with one attached hydrogen (secondary N) is 3. The summed E-state index contributed by atoms with van der Waals surface area (Å²) in [6.07, 6.45) is -6.78. The molecule has 32 nitrogen and oxygen atoms in total. The monoisotopic (exact) mass is 1510 g/mol. The van der Waals surface area contributed by atoms with Crippen LogP contribution in [0.3, 0.4) is 0 Å². The Labute approximate surface area is 632 Å². The first-order valence-electron chi connectivity index (χ1n) is 32.0. The van der Waals surface area contributed by atoms with Gasteiger partial charge in [0.15, 0.2) is 30.8 Å². The molecule has 4 aliphatic heterocycles. The van der Waals surface area contributed by atoms with Crippen molar-refractivity contribution in [3.05, 3.63) is 99.3 Å². The first-order chi connectivity index (χ1) is 44.5. The largest absolute Gasteiger partial charge is 1.00 e. The molecule has 4 aliphatic rings. The predicted octanol–water partition coefficient (Wildman–Crippen LogP) is -2.34. The molecule has 100 heavy (non-hydrogen) atoms. The zero-order chi connectivity index (χ0) is 75.1. The van der Waals surface area contributed by atoms with Crippen LogP contribution in [0.15, 0.2) is 65.6 Å². The molecule has 34 heteroatoms. The van der Waals surface area contributed by atoms with Gasteiger partial charge in [-0.2, -0.15) is 5.06 Å². The van der Waals surface area contributed by atoms with E-state index in [1.165, 1.54) is 23.9 Å². The van der Waals surface area contributed by atoms with Gasteiger partial charge in [0.2, 0.25) is 12.0 Å². The van der Waals surface area contributed by atoms with E-state index >= 15 is 0 Å². The molecule has 3 aromatic heterocycles. The summed E-state index contributed by atoms with van der Waals surface area (Å²) in [5, 5.41) is 32.7. The minimum absolute atomic E-state index is 0. The number of piperidine rings is 1. The molecule has 0 aromatic carbocycles. The Morgan fingerprint density at radius 2 is 0.780 bits per heavy atom. The van der Waals surface area contributed by atoms with Gasteiger partial charge >= 0.3 is 104 Å². The van der Waals surface area contributed by atoms with Crippen LogP contribution < -0.4 is 102 Å². The zero-order valence-electron chi connectivity index (χ0n) is 61.5. The number of hydrogen-bond donors (Lipinski definition) is 6. The van der Waals surface area contributed by atoms with Gasteiger partial charge in [-0.3, -0.25) is 76.6 Å². The Morgan fingerprint density at radius 3 is 1.14 bits per heavy atom. The number of aliphatic hydroxyl groups is 2. The van der Waals surface area contributed by atoms with E-state index in [1.807, 2.05) is 4.98 Å². The molecule has 0 unspecified atom stereocenters. The maximum Gasteiger partial charge on any atom is 1.00 e. The fourth-order valence-corrected chi connectivity index (χ4v) is 9.39. The molecule has 0 spiro atoms. The van der Waals surface area contributed by atoms with Crippen LogP contribution in [-0.2, 0) is 76.2 Å². The summed E-state index contributed by atoms with van der Waals surface area (Å²) in [4.78, 5) is 162. The van der Waals surface area contributed by atoms with E-state index in [-0.39, 0.29) is 99.3 Å². The van der Waals surface area contributed by atoms with Crippen molar-refractivity contribution in [2.45, 2.75) is 250 Å². The number of carbonyl (C=O) groups is 7. The Morgan fingerprint density at radius 1 is 0.460 bits per heavy atom. The molecule has 0 bridgehead atoms. The minimum Gasteiger partial charge on any atom is -1.00 e. The normalized spacial score (nSPS) is 24.3. The van der Waals surface area contributed by atoms with Crippen LogP contribution in [-0.4, -0.2) is 170 Å². The average molecular weight is 1510 g/mol. The molecule has 7 rings (SSSR count). The third-order valence-corrected chi connectivity index (χ3v) is 15.4. The van der Waals surface area contributed by atoms with Crippen LogP contribution >= 0.6 is 0 Å². The van der Waals surface area contributed by atoms with Crippen LogP contribution in [0.2, 0.25) is 0 Å². The van der Waals surface area contributed by atoms with Gasteiger partial charge in [-0.05, 0) is 172 Å². The van der Waals surface area contributed by atoms with E-state index in [1.54, 1.807) is 125 Å². The number of nitrogens with zero attached hydrogens (tertiary/aromatic N) is 4. The van der Waals surface area contributed by atoms with E-state index in [9.17, 15) is 77.7 Å². The second-order valence-corrected chi connectivity index (χ2v) is 31.7. The maximum atomic E-state index is 12.9. The van der Waals surface area contributed by atoms with Crippen LogP contribution in [0, 0.1) is 32.5 Å². The number of esters is 6. The van der Waals surface area contributed by atoms with E-state index in [2.05, 4.69) is 37.7 Å². The molecule has 0 aliphatic carbocycles. The number of halogens is 1. The SMILES string of the molecule is CC(C)(C)C(=O)OC[C@H]1O[C@@H](n2ccc(=O)[nH]c2=O)C(=O)[C@@H]1OC(=O)C(C)(C)C.CC(C)(C)C(=O)OC[C@H]1O[C@@H](n2ccc(=O)[nH]c2=O)[C@H](O)[C@@H]1OC(=O)C(C)(C)C.CC(C)(C)C(=O)OC[C@H]1O[C@@H](n2ccc(=O)[nH]c2=O)[C@H](OC(=O)C(C)(C)C)[C@@H]1O.CC1(C)CCCC(C)(C)N1O.[Br-].[K+]. The van der Waals surface area contributed by atoms with Gasteiger partial charge in [-0.15, -0.1) is 0 Å². The number of aromatic nitrogens is 6. The van der Waals surface area contributed by atoms with Crippen molar-refractivity contribution in [1.82, 2.24) is 33.7 Å². The summed E-state index contributed by atoms with van der Waals surface area (Å²) in [6.45, 7) is 37.2. The van der Waals surface area contributed by atoms with Crippen molar-refractivity contribution in [3.8, 4) is 0 Å². The Bertz CT molecular complexity index is 3700. The molecule has 0 saturated carbocycles. The summed E-state index contributed by atoms with van der Waals surface area (Å²) in [7, 11) is 0. The summed E-state index contributed by atoms with van der Waals surface area (Å²) < 4.78 is 51.8. The number of ether oxygens (including phenoxy) is 9. The third kappa shape index (κ3) is 24.8. The van der Waals surface area contributed by atoms with Gasteiger partial charge in [0.25, 0.3) is 16.7 Å². The molecular weight excluding hydrogens is 1410 g/mol. The van der Waals surface area contributed by atoms with Crippen molar-refractivity contribution in [3.63, 3.8) is 0 Å². The van der Waals surface area contributed by atoms with Gasteiger partial charge in [0.1, 0.15) is 50.3 Å². The van der Waals surface area contributed by atoms with E-state index in [0.29, 0.717) is 0 Å². The maximum absolute atomic E-state index is 12.9. The number of hydrogen-bond acceptors (Lipinski definition) is 26. The van der Waals surface area contributed by atoms with Gasteiger partial charge in [-0.1, -0.05) is 0 Å². The van der Waals surface area contributed by atoms with Crippen LogP contribution in [0.5, 0.6) is 0 Å². The van der Waals surface area contributed by atoms with Crippen LogP contribution in [0.1, 0.15) is 190 Å². The molecular formula is C66H101BrKN7O25. The molecule has 0 radical (unpaired) electrons. The molecule has 0 amide bonds. The second kappa shape index (κ2) is 35.2. The van der Waals surface area contributed by atoms with Crippen molar-refractivity contribution in [2.75, 3.05) is 19.8 Å². The average Bonchev–Trinajstić information content (AvgIpc) is 1.62. The van der Waals surface area contributed by atoms with Gasteiger partial charge in [0.05, 0.1) is 32.5 Å². The quantitative estimate of drug-likeness (QED) is 0.0629. The number of H-pyrrole nitrogens is 3. The first kappa shape index (κ1) is 90.4. The van der Waals surface area contributed by atoms with Crippen molar-refractivity contribution in [1.29, 1.82) is 0 Å². The predicted molar refractivity (Wildman–Crippen MR) is 348 cm³/mol. The third-order valence-electron chi connectivity index (χ3n) is 15.4. The van der Waals surface area contributed by atoms with E-state index in [0.717, 1.165) is 50.9 Å². The van der Waals surface area contributed by atoms with E-state index < -0.39 is 175 Å². The zero-order valence-corrected chi connectivity index (χ0v) is 66.3. The molecule has 3 aromatic rings.